The molecule has 1 nitrogen and oxygen atoms in total. The van der Waals surface area contributed by atoms with Crippen molar-refractivity contribution in [3.05, 3.63) is 35.4 Å². The molecule has 0 saturated carbocycles. The first-order chi connectivity index (χ1) is 7.32. The number of hydrogen-bond donors (Lipinski definition) is 1. The SMILES string of the molecule is CC(C)CC(O)c1ccccc1C(F)(F)F. The lowest BCUT2D eigenvalue weighted by molar-refractivity contribution is -0.139. The Labute approximate surface area is 92.9 Å². The molecule has 1 rings (SSSR count). The molecule has 4 heteroatoms. The van der Waals surface area contributed by atoms with Crippen LogP contribution >= 0.6 is 0 Å². The lowest BCUT2D eigenvalue weighted by Crippen LogP contribution is -2.13. The van der Waals surface area contributed by atoms with Crippen LogP contribution in [0.1, 0.15) is 37.5 Å². The minimum atomic E-state index is -4.41. The van der Waals surface area contributed by atoms with E-state index in [0.717, 1.165) is 6.07 Å². The Kier molecular flexibility index (Phi) is 3.97. The second-order valence-corrected chi connectivity index (χ2v) is 4.23. The second kappa shape index (κ2) is 4.87. The van der Waals surface area contributed by atoms with Gasteiger partial charge in [0.25, 0.3) is 0 Å². The molecular formula is C12H15F3O. The highest BCUT2D eigenvalue weighted by Crippen LogP contribution is 2.35. The van der Waals surface area contributed by atoms with Gasteiger partial charge in [-0.15, -0.1) is 0 Å². The Hall–Kier alpha value is -1.03. The van der Waals surface area contributed by atoms with Gasteiger partial charge in [0.1, 0.15) is 0 Å². The lowest BCUT2D eigenvalue weighted by atomic mass is 9.95. The Balaban J connectivity index is 3.04. The van der Waals surface area contributed by atoms with Crippen molar-refractivity contribution in [1.29, 1.82) is 0 Å². The fraction of sp³-hybridized carbons (Fsp3) is 0.500. The quantitative estimate of drug-likeness (QED) is 0.840. The molecule has 16 heavy (non-hydrogen) atoms. The largest absolute Gasteiger partial charge is 0.416 e. The van der Waals surface area contributed by atoms with Gasteiger partial charge < -0.3 is 5.11 Å². The number of rotatable bonds is 3. The van der Waals surface area contributed by atoms with Crippen LogP contribution in [0.5, 0.6) is 0 Å². The van der Waals surface area contributed by atoms with E-state index in [1.807, 2.05) is 13.8 Å². The average Bonchev–Trinajstić information content (AvgIpc) is 2.15. The number of aliphatic hydroxyl groups is 1. The van der Waals surface area contributed by atoms with Crippen molar-refractivity contribution < 1.29 is 18.3 Å². The molecule has 1 aromatic carbocycles. The highest BCUT2D eigenvalue weighted by Gasteiger charge is 2.34. The van der Waals surface area contributed by atoms with E-state index >= 15 is 0 Å². The van der Waals surface area contributed by atoms with Crippen molar-refractivity contribution in [2.75, 3.05) is 0 Å². The van der Waals surface area contributed by atoms with Gasteiger partial charge in [-0.3, -0.25) is 0 Å². The lowest BCUT2D eigenvalue weighted by Gasteiger charge is -2.18. The van der Waals surface area contributed by atoms with Gasteiger partial charge >= 0.3 is 6.18 Å². The van der Waals surface area contributed by atoms with Crippen molar-refractivity contribution >= 4 is 0 Å². The van der Waals surface area contributed by atoms with Crippen molar-refractivity contribution in [3.8, 4) is 0 Å². The monoisotopic (exact) mass is 232 g/mol. The van der Waals surface area contributed by atoms with Crippen molar-refractivity contribution in [1.82, 2.24) is 0 Å². The van der Waals surface area contributed by atoms with Crippen LogP contribution in [-0.2, 0) is 6.18 Å². The Morgan fingerprint density at radius 3 is 2.25 bits per heavy atom. The summed E-state index contributed by atoms with van der Waals surface area (Å²) in [6.45, 7) is 3.72. The van der Waals surface area contributed by atoms with Gasteiger partial charge in [0.15, 0.2) is 0 Å². The molecule has 90 valence electrons. The highest BCUT2D eigenvalue weighted by atomic mass is 19.4. The van der Waals surface area contributed by atoms with Gasteiger partial charge in [-0.25, -0.2) is 0 Å². The van der Waals surface area contributed by atoms with Gasteiger partial charge in [-0.05, 0) is 24.0 Å². The van der Waals surface area contributed by atoms with E-state index in [-0.39, 0.29) is 11.5 Å². The number of alkyl halides is 3. The summed E-state index contributed by atoms with van der Waals surface area (Å²) in [6, 6.07) is 5.16. The maximum atomic E-state index is 12.6. The number of aliphatic hydroxyl groups excluding tert-OH is 1. The van der Waals surface area contributed by atoms with E-state index < -0.39 is 17.8 Å². The van der Waals surface area contributed by atoms with E-state index in [4.69, 9.17) is 0 Å². The van der Waals surface area contributed by atoms with Crippen LogP contribution in [0.2, 0.25) is 0 Å². The van der Waals surface area contributed by atoms with Crippen LogP contribution in [-0.4, -0.2) is 5.11 Å². The van der Waals surface area contributed by atoms with Gasteiger partial charge in [0.05, 0.1) is 11.7 Å². The third-order valence-corrected chi connectivity index (χ3v) is 2.32. The number of benzene rings is 1. The maximum Gasteiger partial charge on any atom is 0.416 e. The molecule has 1 N–H and O–H groups in total. The molecule has 0 amide bonds. The molecule has 0 fully saturated rings. The number of halogens is 3. The third-order valence-electron chi connectivity index (χ3n) is 2.32. The summed E-state index contributed by atoms with van der Waals surface area (Å²) in [4.78, 5) is 0. The summed E-state index contributed by atoms with van der Waals surface area (Å²) in [7, 11) is 0. The Morgan fingerprint density at radius 1 is 1.19 bits per heavy atom. The molecule has 1 atom stereocenters. The van der Waals surface area contributed by atoms with Crippen molar-refractivity contribution in [3.63, 3.8) is 0 Å². The van der Waals surface area contributed by atoms with Gasteiger partial charge in [-0.1, -0.05) is 32.0 Å². The Bertz CT molecular complexity index is 344. The van der Waals surface area contributed by atoms with Gasteiger partial charge in [0.2, 0.25) is 0 Å². The van der Waals surface area contributed by atoms with E-state index in [1.54, 1.807) is 0 Å². The standard InChI is InChI=1S/C12H15F3O/c1-8(2)7-11(16)9-5-3-4-6-10(9)12(13,14)15/h3-6,8,11,16H,7H2,1-2H3. The predicted molar refractivity (Wildman–Crippen MR) is 55.9 cm³/mol. The van der Waals surface area contributed by atoms with Crippen LogP contribution in [0.15, 0.2) is 24.3 Å². The second-order valence-electron chi connectivity index (χ2n) is 4.23. The summed E-state index contributed by atoms with van der Waals surface area (Å²) in [5.41, 5.74) is -0.785. The molecule has 0 saturated heterocycles. The summed E-state index contributed by atoms with van der Waals surface area (Å²) < 4.78 is 37.9. The van der Waals surface area contributed by atoms with Crippen LogP contribution in [0.25, 0.3) is 0 Å². The van der Waals surface area contributed by atoms with Crippen LogP contribution in [0.4, 0.5) is 13.2 Å². The molecule has 0 aliphatic rings. The minimum absolute atomic E-state index is 0.0382. The molecule has 1 unspecified atom stereocenters. The number of hydrogen-bond acceptors (Lipinski definition) is 1. The molecule has 0 spiro atoms. The predicted octanol–water partition coefficient (Wildman–Crippen LogP) is 3.78. The van der Waals surface area contributed by atoms with Crippen molar-refractivity contribution in [2.24, 2.45) is 5.92 Å². The van der Waals surface area contributed by atoms with Crippen LogP contribution < -0.4 is 0 Å². The van der Waals surface area contributed by atoms with Crippen LogP contribution in [0.3, 0.4) is 0 Å². The molecule has 1 aromatic rings. The zero-order chi connectivity index (χ0) is 12.3. The molecule has 0 aliphatic carbocycles. The fourth-order valence-electron chi connectivity index (χ4n) is 1.62. The Morgan fingerprint density at radius 2 is 1.75 bits per heavy atom. The first-order valence-corrected chi connectivity index (χ1v) is 5.16. The summed E-state index contributed by atoms with van der Waals surface area (Å²) in [5, 5.41) is 9.74. The normalized spacial score (nSPS) is 14.2. The minimum Gasteiger partial charge on any atom is -0.388 e. The molecule has 0 bridgehead atoms. The highest BCUT2D eigenvalue weighted by molar-refractivity contribution is 5.31. The summed E-state index contributed by atoms with van der Waals surface area (Å²) in [6.07, 6.45) is -5.14. The molecule has 0 heterocycles. The van der Waals surface area contributed by atoms with E-state index in [9.17, 15) is 18.3 Å². The van der Waals surface area contributed by atoms with Gasteiger partial charge in [0, 0.05) is 0 Å². The molecule has 0 aromatic heterocycles. The average molecular weight is 232 g/mol. The van der Waals surface area contributed by atoms with E-state index in [0.29, 0.717) is 6.42 Å². The zero-order valence-corrected chi connectivity index (χ0v) is 9.25. The third kappa shape index (κ3) is 3.23. The molecular weight excluding hydrogens is 217 g/mol. The summed E-state index contributed by atoms with van der Waals surface area (Å²) >= 11 is 0. The fourth-order valence-corrected chi connectivity index (χ4v) is 1.62. The van der Waals surface area contributed by atoms with E-state index in [2.05, 4.69) is 0 Å². The zero-order valence-electron chi connectivity index (χ0n) is 9.25. The van der Waals surface area contributed by atoms with Crippen molar-refractivity contribution in [2.45, 2.75) is 32.5 Å². The molecule has 0 aliphatic heterocycles. The van der Waals surface area contributed by atoms with Gasteiger partial charge in [-0.2, -0.15) is 13.2 Å². The van der Waals surface area contributed by atoms with E-state index in [1.165, 1.54) is 18.2 Å². The topological polar surface area (TPSA) is 20.2 Å². The summed E-state index contributed by atoms with van der Waals surface area (Å²) in [5.74, 6) is 0.149. The smallest absolute Gasteiger partial charge is 0.388 e. The maximum absolute atomic E-state index is 12.6. The first kappa shape index (κ1) is 13.0. The first-order valence-electron chi connectivity index (χ1n) is 5.16. The molecule has 0 radical (unpaired) electrons. The van der Waals surface area contributed by atoms with Crippen LogP contribution in [0, 0.1) is 5.92 Å².